The number of ether oxygens (including phenoxy) is 2. The standard InChI is InChI=1S/C31H45NO5S/c1-21-6-7-23(22(2)16-21)18-32(27-17-26(10-12-30(3,4)5)38-28(27)29(33)34)24-8-13-31(35,14-9-24)20-37-25-11-15-36-19-25/h6,17,22-25,35H,7-9,11,13-16,18-20H2,1-5H3,(H,33,34)/t22-,23+,24?,25-,31?/m0/s1. The third kappa shape index (κ3) is 7.63. The maximum Gasteiger partial charge on any atom is 0.348 e. The van der Waals surface area contributed by atoms with Crippen molar-refractivity contribution in [3.05, 3.63) is 27.5 Å². The highest BCUT2D eigenvalue weighted by Crippen LogP contribution is 2.40. The van der Waals surface area contributed by atoms with Crippen LogP contribution in [0, 0.1) is 29.1 Å². The van der Waals surface area contributed by atoms with E-state index in [2.05, 4.69) is 57.4 Å². The van der Waals surface area contributed by atoms with Crippen LogP contribution in [0.4, 0.5) is 5.69 Å². The second-order valence-electron chi connectivity index (χ2n) is 12.8. The average Bonchev–Trinajstić information content (AvgIpc) is 3.52. The molecule has 2 aliphatic carbocycles. The number of allylic oxidation sites excluding steroid dienone is 2. The van der Waals surface area contributed by atoms with E-state index in [1.54, 1.807) is 0 Å². The number of anilines is 1. The van der Waals surface area contributed by atoms with Gasteiger partial charge in [-0.25, -0.2) is 4.79 Å². The highest BCUT2D eigenvalue weighted by atomic mass is 32.1. The Balaban J connectivity index is 1.57. The zero-order valence-electron chi connectivity index (χ0n) is 23.7. The molecule has 6 nitrogen and oxygen atoms in total. The zero-order valence-corrected chi connectivity index (χ0v) is 24.5. The van der Waals surface area contributed by atoms with Crippen molar-refractivity contribution in [2.45, 2.75) is 97.3 Å². The first-order valence-electron chi connectivity index (χ1n) is 14.2. The molecule has 0 bridgehead atoms. The van der Waals surface area contributed by atoms with Crippen LogP contribution in [0.2, 0.25) is 0 Å². The van der Waals surface area contributed by atoms with E-state index in [-0.39, 0.29) is 17.6 Å². The molecule has 4 rings (SSSR count). The summed E-state index contributed by atoms with van der Waals surface area (Å²) in [5, 5.41) is 21.4. The molecule has 0 spiro atoms. The van der Waals surface area contributed by atoms with Crippen LogP contribution in [0.5, 0.6) is 0 Å². The summed E-state index contributed by atoms with van der Waals surface area (Å²) in [6, 6.07) is 2.16. The molecule has 38 heavy (non-hydrogen) atoms. The van der Waals surface area contributed by atoms with Gasteiger partial charge in [0.15, 0.2) is 0 Å². The molecular weight excluding hydrogens is 498 g/mol. The molecule has 1 saturated carbocycles. The predicted molar refractivity (Wildman–Crippen MR) is 153 cm³/mol. The molecule has 3 atom stereocenters. The maximum absolute atomic E-state index is 12.4. The number of carboxylic acids is 1. The van der Waals surface area contributed by atoms with Crippen LogP contribution in [0.15, 0.2) is 17.7 Å². The number of hydrogen-bond acceptors (Lipinski definition) is 6. The molecule has 0 unspecified atom stereocenters. The molecule has 2 N–H and O–H groups in total. The van der Waals surface area contributed by atoms with Crippen LogP contribution in [0.3, 0.4) is 0 Å². The first kappa shape index (κ1) is 29.1. The molecule has 1 aromatic heterocycles. The molecule has 3 aliphatic rings. The molecule has 210 valence electrons. The molecule has 7 heteroatoms. The number of aromatic carboxylic acids is 1. The lowest BCUT2D eigenvalue weighted by atomic mass is 9.79. The van der Waals surface area contributed by atoms with Gasteiger partial charge in [-0.15, -0.1) is 11.3 Å². The second kappa shape index (κ2) is 12.1. The third-order valence-electron chi connectivity index (χ3n) is 8.23. The number of hydrogen-bond donors (Lipinski definition) is 2. The lowest BCUT2D eigenvalue weighted by molar-refractivity contribution is -0.0927. The van der Waals surface area contributed by atoms with Crippen molar-refractivity contribution in [3.63, 3.8) is 0 Å². The van der Waals surface area contributed by atoms with Crippen LogP contribution in [0.1, 0.15) is 94.1 Å². The van der Waals surface area contributed by atoms with Crippen LogP contribution in [0.25, 0.3) is 0 Å². The lowest BCUT2D eigenvalue weighted by Gasteiger charge is -2.44. The van der Waals surface area contributed by atoms with Gasteiger partial charge in [-0.3, -0.25) is 0 Å². The summed E-state index contributed by atoms with van der Waals surface area (Å²) < 4.78 is 11.4. The first-order chi connectivity index (χ1) is 17.9. The van der Waals surface area contributed by atoms with Gasteiger partial charge in [0.1, 0.15) is 4.88 Å². The van der Waals surface area contributed by atoms with Crippen molar-refractivity contribution in [2.24, 2.45) is 17.3 Å². The minimum absolute atomic E-state index is 0.0779. The Morgan fingerprint density at radius 2 is 2.03 bits per heavy atom. The fraction of sp³-hybridized carbons (Fsp3) is 0.710. The van der Waals surface area contributed by atoms with Crippen LogP contribution in [-0.4, -0.2) is 60.3 Å². The van der Waals surface area contributed by atoms with Gasteiger partial charge in [0.05, 0.1) is 35.5 Å². The molecule has 2 fully saturated rings. The Bertz CT molecular complexity index is 1060. The molecule has 1 aliphatic heterocycles. The van der Waals surface area contributed by atoms with Gasteiger partial charge in [-0.1, -0.05) is 30.4 Å². The Kier molecular flexibility index (Phi) is 9.30. The molecule has 0 amide bonds. The van der Waals surface area contributed by atoms with Gasteiger partial charge in [0, 0.05) is 24.6 Å². The fourth-order valence-electron chi connectivity index (χ4n) is 5.87. The van der Waals surface area contributed by atoms with E-state index in [0.29, 0.717) is 42.8 Å². The van der Waals surface area contributed by atoms with E-state index < -0.39 is 11.6 Å². The van der Waals surface area contributed by atoms with Crippen molar-refractivity contribution in [1.29, 1.82) is 0 Å². The van der Waals surface area contributed by atoms with E-state index in [9.17, 15) is 15.0 Å². The van der Waals surface area contributed by atoms with E-state index in [4.69, 9.17) is 9.47 Å². The topological polar surface area (TPSA) is 79.2 Å². The third-order valence-corrected chi connectivity index (χ3v) is 9.26. The van der Waals surface area contributed by atoms with Crippen molar-refractivity contribution in [1.82, 2.24) is 0 Å². The number of thiophene rings is 1. The number of nitrogens with zero attached hydrogens (tertiary/aromatic N) is 1. The molecule has 1 aromatic rings. The van der Waals surface area contributed by atoms with Crippen molar-refractivity contribution in [2.75, 3.05) is 31.3 Å². The Hall–Kier alpha value is -1.85. The Labute approximate surface area is 232 Å². The van der Waals surface area contributed by atoms with Gasteiger partial charge in [0.25, 0.3) is 0 Å². The quantitative estimate of drug-likeness (QED) is 0.304. The smallest absolute Gasteiger partial charge is 0.348 e. The van der Waals surface area contributed by atoms with E-state index in [1.165, 1.54) is 16.9 Å². The SMILES string of the molecule is CC1=CC[C@H](CN(c2cc(C#CC(C)(C)C)sc2C(=O)O)C2CCC(O)(CO[C@H]3CCOC3)CC2)[C@@H](C)C1. The molecule has 0 aromatic carbocycles. The van der Waals surface area contributed by atoms with Gasteiger partial charge >= 0.3 is 5.97 Å². The van der Waals surface area contributed by atoms with Gasteiger partial charge in [0.2, 0.25) is 0 Å². The summed E-state index contributed by atoms with van der Waals surface area (Å²) in [7, 11) is 0. The minimum atomic E-state index is -0.897. The van der Waals surface area contributed by atoms with Gasteiger partial charge in [-0.05, 0) is 90.5 Å². The van der Waals surface area contributed by atoms with E-state index >= 15 is 0 Å². The Morgan fingerprint density at radius 1 is 1.29 bits per heavy atom. The predicted octanol–water partition coefficient (Wildman–Crippen LogP) is 6.12. The summed E-state index contributed by atoms with van der Waals surface area (Å²) >= 11 is 1.28. The van der Waals surface area contributed by atoms with Crippen LogP contribution in [-0.2, 0) is 9.47 Å². The molecule has 2 heterocycles. The molecular formula is C31H45NO5S. The van der Waals surface area contributed by atoms with Gasteiger partial charge < -0.3 is 24.6 Å². The number of aliphatic hydroxyl groups is 1. The summed E-state index contributed by atoms with van der Waals surface area (Å²) in [6.45, 7) is 13.2. The molecule has 0 radical (unpaired) electrons. The minimum Gasteiger partial charge on any atom is -0.477 e. The van der Waals surface area contributed by atoms with Gasteiger partial charge in [-0.2, -0.15) is 0 Å². The summed E-state index contributed by atoms with van der Waals surface area (Å²) in [6.07, 6.45) is 8.30. The van der Waals surface area contributed by atoms with Crippen molar-refractivity contribution >= 4 is 23.0 Å². The van der Waals surface area contributed by atoms with Crippen LogP contribution < -0.4 is 4.90 Å². The summed E-state index contributed by atoms with van der Waals surface area (Å²) in [5.41, 5.74) is 1.23. The summed E-state index contributed by atoms with van der Waals surface area (Å²) in [5.74, 6) is 6.59. The largest absolute Gasteiger partial charge is 0.477 e. The molecule has 1 saturated heterocycles. The lowest BCUT2D eigenvalue weighted by Crippen LogP contribution is -2.48. The van der Waals surface area contributed by atoms with Crippen molar-refractivity contribution in [3.8, 4) is 11.8 Å². The van der Waals surface area contributed by atoms with Crippen molar-refractivity contribution < 1.29 is 24.5 Å². The maximum atomic E-state index is 12.4. The fourth-order valence-corrected chi connectivity index (χ4v) is 6.73. The normalized spacial score (nSPS) is 29.9. The number of carbonyl (C=O) groups is 1. The van der Waals surface area contributed by atoms with Crippen LogP contribution >= 0.6 is 11.3 Å². The highest BCUT2D eigenvalue weighted by Gasteiger charge is 2.39. The average molecular weight is 544 g/mol. The monoisotopic (exact) mass is 543 g/mol. The first-order valence-corrected chi connectivity index (χ1v) is 15.0. The number of rotatable bonds is 8. The highest BCUT2D eigenvalue weighted by molar-refractivity contribution is 7.15. The zero-order chi connectivity index (χ0) is 27.5. The van der Waals surface area contributed by atoms with E-state index in [0.717, 1.165) is 55.8 Å². The Morgan fingerprint density at radius 3 is 2.63 bits per heavy atom. The summed E-state index contributed by atoms with van der Waals surface area (Å²) in [4.78, 5) is 15.9. The number of carboxylic acid groups (broad SMARTS) is 1. The second-order valence-corrected chi connectivity index (χ2v) is 13.8. The van der Waals surface area contributed by atoms with E-state index in [1.807, 2.05) is 6.07 Å².